The Kier molecular flexibility index (Phi) is 11.1. The number of hydrogen-bond acceptors (Lipinski definition) is 9. The molecule has 34 heavy (non-hydrogen) atoms. The summed E-state index contributed by atoms with van der Waals surface area (Å²) in [6, 6.07) is 0. The Hall–Kier alpha value is -4.57. The topological polar surface area (TPSA) is 240 Å². The predicted molar refractivity (Wildman–Crippen MR) is 127 cm³/mol. The maximum atomic E-state index is 11.3. The molecule has 0 spiro atoms. The standard InChI is InChI=1S/C9H12N6O2.C9H11N5O2S/c1-5-6(14-9(17)15-7(5)16)3-12-8(11-2)13-4-10;1-5-6(13-8(16)14-7(5)15)3-11-9(17-2)12-4-10/h3H2,1-2H3,(H2,11,12,13)(H2,14,15,16,17);3H2,1-2H3,(H,11,12)(H2,13,14,15,16). The van der Waals surface area contributed by atoms with Crippen LogP contribution >= 0.6 is 11.8 Å². The van der Waals surface area contributed by atoms with Crippen LogP contribution in [-0.4, -0.2) is 44.4 Å². The van der Waals surface area contributed by atoms with Crippen molar-refractivity contribution in [3.05, 3.63) is 64.2 Å². The van der Waals surface area contributed by atoms with Gasteiger partial charge in [0.25, 0.3) is 11.1 Å². The van der Waals surface area contributed by atoms with Gasteiger partial charge in [-0.15, -0.1) is 0 Å². The predicted octanol–water partition coefficient (Wildman–Crippen LogP) is -1.82. The van der Waals surface area contributed by atoms with Gasteiger partial charge in [0.2, 0.25) is 5.96 Å². The number of aromatic amines is 4. The molecule has 2 rings (SSSR count). The van der Waals surface area contributed by atoms with E-state index in [1.54, 1.807) is 32.5 Å². The minimum absolute atomic E-state index is 0.135. The zero-order valence-corrected chi connectivity index (χ0v) is 19.6. The summed E-state index contributed by atoms with van der Waals surface area (Å²) >= 11 is 1.27. The van der Waals surface area contributed by atoms with Crippen molar-refractivity contribution in [3.63, 3.8) is 0 Å². The van der Waals surface area contributed by atoms with Crippen molar-refractivity contribution < 1.29 is 0 Å². The first kappa shape index (κ1) is 27.5. The first-order chi connectivity index (χ1) is 16.2. The Balaban J connectivity index is 0.000000340. The van der Waals surface area contributed by atoms with Crippen LogP contribution in [0.15, 0.2) is 29.2 Å². The van der Waals surface area contributed by atoms with Crippen molar-refractivity contribution >= 4 is 22.9 Å². The molecule has 0 atom stereocenters. The van der Waals surface area contributed by atoms with Crippen LogP contribution in [0.2, 0.25) is 0 Å². The fourth-order valence-corrected chi connectivity index (χ4v) is 2.63. The maximum Gasteiger partial charge on any atom is 0.325 e. The van der Waals surface area contributed by atoms with E-state index < -0.39 is 22.5 Å². The average Bonchev–Trinajstić information content (AvgIpc) is 2.80. The number of nitrogens with one attached hydrogen (secondary N) is 7. The number of rotatable bonds is 4. The summed E-state index contributed by atoms with van der Waals surface area (Å²) in [5.74, 6) is 0.257. The van der Waals surface area contributed by atoms with Crippen LogP contribution in [0.25, 0.3) is 0 Å². The quantitative estimate of drug-likeness (QED) is 0.110. The zero-order valence-electron chi connectivity index (χ0n) is 18.7. The van der Waals surface area contributed by atoms with Crippen LogP contribution in [0.3, 0.4) is 0 Å². The van der Waals surface area contributed by atoms with E-state index in [0.717, 1.165) is 0 Å². The lowest BCUT2D eigenvalue weighted by atomic mass is 10.2. The van der Waals surface area contributed by atoms with Crippen molar-refractivity contribution in [1.82, 2.24) is 35.9 Å². The summed E-state index contributed by atoms with van der Waals surface area (Å²) in [4.78, 5) is 61.8. The van der Waals surface area contributed by atoms with Gasteiger partial charge in [-0.2, -0.15) is 10.5 Å². The smallest absolute Gasteiger partial charge is 0.325 e. The molecule has 0 unspecified atom stereocenters. The SMILES string of the molecule is CN=C(NC#N)NCc1[nH]c(=O)[nH]c(=O)c1C.CSC(=NCc1[nH]c(=O)[nH]c(=O)c1C)NC#N. The molecule has 0 bridgehead atoms. The third-order valence-electron chi connectivity index (χ3n) is 4.14. The first-order valence-corrected chi connectivity index (χ1v) is 10.6. The number of H-pyrrole nitrogens is 4. The second-order valence-corrected chi connectivity index (χ2v) is 7.04. The van der Waals surface area contributed by atoms with Gasteiger partial charge in [-0.3, -0.25) is 40.2 Å². The second kappa shape index (κ2) is 13.8. The molecular weight excluding hydrogens is 466 g/mol. The Morgan fingerprint density at radius 1 is 0.912 bits per heavy atom. The van der Waals surface area contributed by atoms with Gasteiger partial charge in [-0.25, -0.2) is 9.59 Å². The number of aliphatic imine (C=N–C) groups is 2. The van der Waals surface area contributed by atoms with E-state index in [1.165, 1.54) is 18.8 Å². The summed E-state index contributed by atoms with van der Waals surface area (Å²) < 4.78 is 0. The van der Waals surface area contributed by atoms with Crippen molar-refractivity contribution in [2.75, 3.05) is 13.3 Å². The van der Waals surface area contributed by atoms with Gasteiger partial charge in [0, 0.05) is 29.6 Å². The first-order valence-electron chi connectivity index (χ1n) is 9.40. The zero-order chi connectivity index (χ0) is 25.7. The largest absolute Gasteiger partial charge is 0.350 e. The lowest BCUT2D eigenvalue weighted by Gasteiger charge is -2.08. The summed E-state index contributed by atoms with van der Waals surface area (Å²) in [5, 5.41) is 24.8. The molecule has 0 aromatic carbocycles. The summed E-state index contributed by atoms with van der Waals surface area (Å²) in [5.41, 5.74) is -0.308. The normalized spacial score (nSPS) is 10.9. The fraction of sp³-hybridized carbons (Fsp3) is 0.333. The summed E-state index contributed by atoms with van der Waals surface area (Å²) in [6.45, 7) is 3.50. The van der Waals surface area contributed by atoms with E-state index >= 15 is 0 Å². The molecular formula is C18H23N11O4S. The molecule has 0 fully saturated rings. The van der Waals surface area contributed by atoms with Gasteiger partial charge >= 0.3 is 11.4 Å². The molecule has 0 amide bonds. The highest BCUT2D eigenvalue weighted by atomic mass is 32.2. The number of nitriles is 2. The van der Waals surface area contributed by atoms with Gasteiger partial charge in [-0.1, -0.05) is 11.8 Å². The number of nitrogens with zero attached hydrogens (tertiary/aromatic N) is 4. The monoisotopic (exact) mass is 489 g/mol. The Morgan fingerprint density at radius 2 is 1.44 bits per heavy atom. The van der Waals surface area contributed by atoms with Crippen LogP contribution in [-0.2, 0) is 13.1 Å². The van der Waals surface area contributed by atoms with Crippen LogP contribution < -0.4 is 38.4 Å². The highest BCUT2D eigenvalue weighted by Crippen LogP contribution is 2.01. The van der Waals surface area contributed by atoms with E-state index in [2.05, 4.69) is 45.9 Å². The third-order valence-corrected chi connectivity index (χ3v) is 4.75. The lowest BCUT2D eigenvalue weighted by molar-refractivity contribution is 0.809. The van der Waals surface area contributed by atoms with Crippen LogP contribution in [0.1, 0.15) is 22.5 Å². The van der Waals surface area contributed by atoms with Gasteiger partial charge in [0.05, 0.1) is 13.1 Å². The number of aromatic nitrogens is 4. The van der Waals surface area contributed by atoms with Crippen molar-refractivity contribution in [2.45, 2.75) is 26.9 Å². The molecule has 0 aliphatic carbocycles. The fourth-order valence-electron chi connectivity index (χ4n) is 2.28. The van der Waals surface area contributed by atoms with Crippen LogP contribution in [0.5, 0.6) is 0 Å². The molecule has 2 aromatic heterocycles. The Bertz CT molecular complexity index is 1370. The van der Waals surface area contributed by atoms with E-state index in [9.17, 15) is 19.2 Å². The maximum absolute atomic E-state index is 11.3. The Morgan fingerprint density at radius 3 is 1.94 bits per heavy atom. The second-order valence-electron chi connectivity index (χ2n) is 6.25. The molecule has 15 nitrogen and oxygen atoms in total. The van der Waals surface area contributed by atoms with E-state index in [0.29, 0.717) is 27.7 Å². The van der Waals surface area contributed by atoms with Crippen molar-refractivity contribution in [3.8, 4) is 12.4 Å². The molecule has 16 heteroatoms. The van der Waals surface area contributed by atoms with Crippen molar-refractivity contribution in [1.29, 1.82) is 10.5 Å². The summed E-state index contributed by atoms with van der Waals surface area (Å²) in [6.07, 6.45) is 5.22. The number of guanidine groups is 1. The molecule has 2 heterocycles. The van der Waals surface area contributed by atoms with Gasteiger partial charge in [-0.05, 0) is 20.1 Å². The Labute approximate surface area is 196 Å². The molecule has 0 aliphatic rings. The molecule has 0 saturated heterocycles. The number of amidine groups is 1. The van der Waals surface area contributed by atoms with Gasteiger partial charge in [0.1, 0.15) is 0 Å². The molecule has 0 saturated carbocycles. The van der Waals surface area contributed by atoms with Gasteiger partial charge in [0.15, 0.2) is 17.6 Å². The van der Waals surface area contributed by atoms with E-state index in [-0.39, 0.29) is 19.0 Å². The lowest BCUT2D eigenvalue weighted by Crippen LogP contribution is -2.36. The average molecular weight is 490 g/mol. The van der Waals surface area contributed by atoms with Crippen LogP contribution in [0.4, 0.5) is 0 Å². The molecule has 180 valence electrons. The van der Waals surface area contributed by atoms with Gasteiger partial charge < -0.3 is 15.3 Å². The minimum atomic E-state index is -0.569. The third kappa shape index (κ3) is 8.52. The summed E-state index contributed by atoms with van der Waals surface area (Å²) in [7, 11) is 1.50. The number of thioether (sulfide) groups is 1. The molecule has 7 N–H and O–H groups in total. The van der Waals surface area contributed by atoms with E-state index in [1.807, 2.05) is 0 Å². The van der Waals surface area contributed by atoms with Crippen molar-refractivity contribution in [2.24, 2.45) is 9.98 Å². The minimum Gasteiger partial charge on any atom is -0.350 e. The molecule has 0 radical (unpaired) electrons. The number of hydrogen-bond donors (Lipinski definition) is 7. The highest BCUT2D eigenvalue weighted by Gasteiger charge is 2.06. The molecule has 2 aromatic rings. The molecule has 0 aliphatic heterocycles. The highest BCUT2D eigenvalue weighted by molar-refractivity contribution is 8.13. The van der Waals surface area contributed by atoms with Crippen LogP contribution in [0, 0.1) is 36.8 Å². The van der Waals surface area contributed by atoms with E-state index in [4.69, 9.17) is 10.5 Å².